The van der Waals surface area contributed by atoms with Crippen molar-refractivity contribution in [1.29, 1.82) is 0 Å². The van der Waals surface area contributed by atoms with Crippen LogP contribution in [0.3, 0.4) is 0 Å². The minimum absolute atomic E-state index is 0.0911. The number of carbonyl (C=O) groups is 1. The number of hydrogen-bond acceptors (Lipinski definition) is 5. The fraction of sp³-hybridized carbons (Fsp3) is 0.579. The lowest BCUT2D eigenvalue weighted by Gasteiger charge is -2.15. The maximum Gasteiger partial charge on any atom is 0.254 e. The quantitative estimate of drug-likeness (QED) is 0.743. The molecule has 1 amide bonds. The molecule has 0 saturated carbocycles. The molecule has 0 fully saturated rings. The average molecular weight is 359 g/mol. The predicted octanol–water partition coefficient (Wildman–Crippen LogP) is 3.18. The Balaban J connectivity index is 2.09. The van der Waals surface area contributed by atoms with Crippen LogP contribution in [0.25, 0.3) is 5.82 Å². The lowest BCUT2D eigenvalue weighted by molar-refractivity contribution is 0.0937. The summed E-state index contributed by atoms with van der Waals surface area (Å²) in [5.74, 6) is 1.60. The Morgan fingerprint density at radius 2 is 2.00 bits per heavy atom. The van der Waals surface area contributed by atoms with Gasteiger partial charge in [-0.15, -0.1) is 10.2 Å². The van der Waals surface area contributed by atoms with Crippen LogP contribution >= 0.6 is 0 Å². The second-order valence-electron chi connectivity index (χ2n) is 6.90. The molecule has 1 N–H and O–H groups in total. The molecular formula is C19H29N5O2. The molecule has 7 heteroatoms. The van der Waals surface area contributed by atoms with Crippen molar-refractivity contribution in [3.05, 3.63) is 29.6 Å². The maximum absolute atomic E-state index is 12.7. The second-order valence-corrected chi connectivity index (χ2v) is 6.90. The van der Waals surface area contributed by atoms with Gasteiger partial charge < -0.3 is 10.1 Å². The summed E-state index contributed by atoms with van der Waals surface area (Å²) in [4.78, 5) is 12.7. The molecular weight excluding hydrogens is 330 g/mol. The van der Waals surface area contributed by atoms with Gasteiger partial charge in [0.05, 0.1) is 24.6 Å². The molecule has 0 radical (unpaired) electrons. The Morgan fingerprint density at radius 3 is 2.58 bits per heavy atom. The van der Waals surface area contributed by atoms with Gasteiger partial charge >= 0.3 is 0 Å². The topological polar surface area (TPSA) is 81.9 Å². The van der Waals surface area contributed by atoms with Crippen LogP contribution in [0.5, 0.6) is 5.88 Å². The summed E-state index contributed by atoms with van der Waals surface area (Å²) in [6.07, 6.45) is 5.53. The van der Waals surface area contributed by atoms with Crippen LogP contribution in [0.4, 0.5) is 0 Å². The summed E-state index contributed by atoms with van der Waals surface area (Å²) in [6.45, 7) is 8.47. The first kappa shape index (κ1) is 19.9. The molecule has 142 valence electrons. The van der Waals surface area contributed by atoms with Crippen molar-refractivity contribution in [2.75, 3.05) is 7.11 Å². The largest absolute Gasteiger partial charge is 0.480 e. The fourth-order valence-electron chi connectivity index (χ4n) is 2.84. The molecule has 2 aromatic heterocycles. The third kappa shape index (κ3) is 5.03. The van der Waals surface area contributed by atoms with Gasteiger partial charge in [0.2, 0.25) is 5.88 Å². The predicted molar refractivity (Wildman–Crippen MR) is 101 cm³/mol. The van der Waals surface area contributed by atoms with E-state index in [4.69, 9.17) is 4.74 Å². The third-order valence-corrected chi connectivity index (χ3v) is 4.30. The zero-order valence-electron chi connectivity index (χ0n) is 16.3. The minimum atomic E-state index is -0.0911. The third-order valence-electron chi connectivity index (χ3n) is 4.30. The van der Waals surface area contributed by atoms with Crippen molar-refractivity contribution in [2.24, 2.45) is 5.92 Å². The molecule has 0 aromatic carbocycles. The van der Waals surface area contributed by atoms with Gasteiger partial charge in [0.1, 0.15) is 0 Å². The number of nitrogens with zero attached hydrogens (tertiary/aromatic N) is 4. The second kappa shape index (κ2) is 9.31. The monoisotopic (exact) mass is 359 g/mol. The zero-order chi connectivity index (χ0) is 19.1. The number of aromatic nitrogens is 4. The van der Waals surface area contributed by atoms with Crippen LogP contribution in [0.15, 0.2) is 18.3 Å². The number of methoxy groups -OCH3 is 1. The number of amides is 1. The van der Waals surface area contributed by atoms with E-state index in [9.17, 15) is 4.79 Å². The molecule has 0 aliphatic rings. The standard InChI is InChI=1S/C19H29N5O2/c1-6-16-15(19(25)21-14(4)9-7-8-13(2)3)12-20-24(16)17-10-11-18(26-5)23-22-17/h10-14H,6-9H2,1-5H3,(H,21,25). The highest BCUT2D eigenvalue weighted by atomic mass is 16.5. The molecule has 0 aliphatic heterocycles. The molecule has 7 nitrogen and oxygen atoms in total. The lowest BCUT2D eigenvalue weighted by Crippen LogP contribution is -2.33. The smallest absolute Gasteiger partial charge is 0.254 e. The van der Waals surface area contributed by atoms with E-state index >= 15 is 0 Å². The minimum Gasteiger partial charge on any atom is -0.480 e. The molecule has 2 aromatic rings. The number of ether oxygens (including phenoxy) is 1. The Morgan fingerprint density at radius 1 is 1.23 bits per heavy atom. The van der Waals surface area contributed by atoms with E-state index in [0.717, 1.165) is 18.5 Å². The summed E-state index contributed by atoms with van der Waals surface area (Å²) in [5.41, 5.74) is 1.40. The van der Waals surface area contributed by atoms with Crippen molar-refractivity contribution in [2.45, 2.75) is 59.4 Å². The first-order valence-electron chi connectivity index (χ1n) is 9.22. The van der Waals surface area contributed by atoms with Gasteiger partial charge in [0, 0.05) is 12.1 Å². The molecule has 0 saturated heterocycles. The maximum atomic E-state index is 12.7. The molecule has 1 atom stereocenters. The van der Waals surface area contributed by atoms with Gasteiger partial charge in [0.15, 0.2) is 5.82 Å². The Bertz CT molecular complexity index is 709. The van der Waals surface area contributed by atoms with E-state index in [2.05, 4.69) is 34.5 Å². The van der Waals surface area contributed by atoms with Crippen LogP contribution < -0.4 is 10.1 Å². The summed E-state index contributed by atoms with van der Waals surface area (Å²) in [7, 11) is 1.54. The van der Waals surface area contributed by atoms with Crippen molar-refractivity contribution in [3.8, 4) is 11.7 Å². The van der Waals surface area contributed by atoms with E-state index in [1.807, 2.05) is 13.8 Å². The fourth-order valence-corrected chi connectivity index (χ4v) is 2.84. The van der Waals surface area contributed by atoms with E-state index in [0.29, 0.717) is 29.6 Å². The van der Waals surface area contributed by atoms with Gasteiger partial charge in [-0.25, -0.2) is 4.68 Å². The number of carbonyl (C=O) groups excluding carboxylic acids is 1. The highest BCUT2D eigenvalue weighted by Gasteiger charge is 2.19. The van der Waals surface area contributed by atoms with Crippen LogP contribution in [-0.2, 0) is 6.42 Å². The first-order valence-corrected chi connectivity index (χ1v) is 9.22. The van der Waals surface area contributed by atoms with Crippen LogP contribution in [0.1, 0.15) is 63.0 Å². The Hall–Kier alpha value is -2.44. The van der Waals surface area contributed by atoms with Crippen LogP contribution in [0, 0.1) is 5.92 Å². The molecule has 2 heterocycles. The average Bonchev–Trinajstić information content (AvgIpc) is 3.05. The normalized spacial score (nSPS) is 12.2. The summed E-state index contributed by atoms with van der Waals surface area (Å²) in [5, 5.41) is 15.5. The van der Waals surface area contributed by atoms with E-state index in [1.165, 1.54) is 6.42 Å². The molecule has 2 rings (SSSR count). The molecule has 26 heavy (non-hydrogen) atoms. The SMILES string of the molecule is CCc1c(C(=O)NC(C)CCCC(C)C)cnn1-c1ccc(OC)nn1. The first-order chi connectivity index (χ1) is 12.5. The van der Waals surface area contributed by atoms with Gasteiger partial charge in [0.25, 0.3) is 5.91 Å². The van der Waals surface area contributed by atoms with Crippen molar-refractivity contribution >= 4 is 5.91 Å². The molecule has 1 unspecified atom stereocenters. The van der Waals surface area contributed by atoms with Crippen LogP contribution in [-0.4, -0.2) is 39.0 Å². The van der Waals surface area contributed by atoms with Crippen molar-refractivity contribution in [3.63, 3.8) is 0 Å². The number of hydrogen-bond donors (Lipinski definition) is 1. The molecule has 0 bridgehead atoms. The van der Waals surface area contributed by atoms with E-state index in [1.54, 1.807) is 30.1 Å². The van der Waals surface area contributed by atoms with Crippen LogP contribution in [0.2, 0.25) is 0 Å². The number of nitrogens with one attached hydrogen (secondary N) is 1. The summed E-state index contributed by atoms with van der Waals surface area (Å²) < 4.78 is 6.69. The molecule has 0 spiro atoms. The van der Waals surface area contributed by atoms with Gasteiger partial charge in [-0.1, -0.05) is 33.6 Å². The molecule has 0 aliphatic carbocycles. The lowest BCUT2D eigenvalue weighted by atomic mass is 10.0. The van der Waals surface area contributed by atoms with E-state index in [-0.39, 0.29) is 11.9 Å². The summed E-state index contributed by atoms with van der Waals surface area (Å²) in [6, 6.07) is 3.63. The highest BCUT2D eigenvalue weighted by molar-refractivity contribution is 5.95. The zero-order valence-corrected chi connectivity index (χ0v) is 16.3. The van der Waals surface area contributed by atoms with Crippen molar-refractivity contribution < 1.29 is 9.53 Å². The van der Waals surface area contributed by atoms with Gasteiger partial charge in [-0.2, -0.15) is 5.10 Å². The van der Waals surface area contributed by atoms with E-state index < -0.39 is 0 Å². The highest BCUT2D eigenvalue weighted by Crippen LogP contribution is 2.16. The van der Waals surface area contributed by atoms with Crippen molar-refractivity contribution in [1.82, 2.24) is 25.3 Å². The summed E-state index contributed by atoms with van der Waals surface area (Å²) >= 11 is 0. The Kier molecular flexibility index (Phi) is 7.12. The van der Waals surface area contributed by atoms with Gasteiger partial charge in [-0.3, -0.25) is 4.79 Å². The number of rotatable bonds is 9. The Labute approximate surface area is 155 Å². The van der Waals surface area contributed by atoms with Gasteiger partial charge in [-0.05, 0) is 31.7 Å².